The van der Waals surface area contributed by atoms with E-state index >= 15 is 0 Å². The number of carbonyl (C=O) groups excluding carboxylic acids is 3. The van der Waals surface area contributed by atoms with E-state index in [1.807, 2.05) is 6.07 Å². The van der Waals surface area contributed by atoms with Gasteiger partial charge in [0.1, 0.15) is 0 Å². The predicted molar refractivity (Wildman–Crippen MR) is 114 cm³/mol. The normalized spacial score (nSPS) is 9.87. The molecule has 0 bridgehead atoms. The van der Waals surface area contributed by atoms with Gasteiger partial charge in [-0.2, -0.15) is 5.26 Å². The largest absolute Gasteiger partial charge is 0.326 e. The molecule has 3 N–H and O–H groups in total. The van der Waals surface area contributed by atoms with Gasteiger partial charge in [-0.05, 0) is 54.6 Å². The Morgan fingerprint density at radius 2 is 1.20 bits per heavy atom. The lowest BCUT2D eigenvalue weighted by Crippen LogP contribution is -2.15. The number of hydrogen-bond acceptors (Lipinski definition) is 4. The molecule has 3 aromatic rings. The van der Waals surface area contributed by atoms with Gasteiger partial charge in [-0.1, -0.05) is 18.2 Å². The molecule has 0 aliphatic rings. The van der Waals surface area contributed by atoms with Crippen molar-refractivity contribution in [3.8, 4) is 6.07 Å². The van der Waals surface area contributed by atoms with E-state index in [0.717, 1.165) is 0 Å². The second-order valence-corrected chi connectivity index (χ2v) is 6.44. The van der Waals surface area contributed by atoms with Crippen LogP contribution in [0.3, 0.4) is 0 Å². The molecule has 0 heterocycles. The summed E-state index contributed by atoms with van der Waals surface area (Å²) in [4.78, 5) is 36.3. The lowest BCUT2D eigenvalue weighted by Gasteiger charge is -2.09. The Kier molecular flexibility index (Phi) is 6.20. The van der Waals surface area contributed by atoms with E-state index in [1.54, 1.807) is 66.7 Å². The van der Waals surface area contributed by atoms with Crippen LogP contribution in [0.15, 0.2) is 72.8 Å². The summed E-state index contributed by atoms with van der Waals surface area (Å²) < 4.78 is 0. The minimum atomic E-state index is -0.396. The van der Waals surface area contributed by atoms with Crippen molar-refractivity contribution in [3.05, 3.63) is 89.5 Å². The standard InChI is InChI=1S/C23H18N4O3/c1-15(28)25-20-9-4-10-21(13-20)27-23(30)18-7-3-6-17(12-18)22(29)26-19-8-2-5-16(11-19)14-24/h2-13H,1H3,(H,25,28)(H,26,29)(H,27,30). The van der Waals surface area contributed by atoms with Crippen LogP contribution in [-0.2, 0) is 4.79 Å². The Balaban J connectivity index is 1.73. The molecule has 0 saturated heterocycles. The van der Waals surface area contributed by atoms with Gasteiger partial charge in [0.15, 0.2) is 0 Å². The van der Waals surface area contributed by atoms with Gasteiger partial charge in [-0.25, -0.2) is 0 Å². The Hall–Kier alpha value is -4.44. The predicted octanol–water partition coefficient (Wildman–Crippen LogP) is 4.02. The monoisotopic (exact) mass is 398 g/mol. The fourth-order valence-electron chi connectivity index (χ4n) is 2.75. The molecule has 0 aliphatic heterocycles. The van der Waals surface area contributed by atoms with E-state index in [0.29, 0.717) is 33.8 Å². The van der Waals surface area contributed by atoms with Crippen molar-refractivity contribution in [1.82, 2.24) is 0 Å². The van der Waals surface area contributed by atoms with Gasteiger partial charge in [-0.15, -0.1) is 0 Å². The van der Waals surface area contributed by atoms with Crippen molar-refractivity contribution in [2.75, 3.05) is 16.0 Å². The zero-order valence-corrected chi connectivity index (χ0v) is 16.1. The summed E-state index contributed by atoms with van der Waals surface area (Å²) in [6.45, 7) is 1.40. The van der Waals surface area contributed by atoms with Gasteiger partial charge in [-0.3, -0.25) is 14.4 Å². The van der Waals surface area contributed by atoms with Crippen molar-refractivity contribution in [3.63, 3.8) is 0 Å². The average Bonchev–Trinajstić information content (AvgIpc) is 2.73. The SMILES string of the molecule is CC(=O)Nc1cccc(NC(=O)c2cccc(C(=O)Nc3cccc(C#N)c3)c2)c1. The molecule has 0 aliphatic carbocycles. The van der Waals surface area contributed by atoms with Crippen molar-refractivity contribution in [2.24, 2.45) is 0 Å². The molecule has 3 rings (SSSR count). The molecule has 0 atom stereocenters. The highest BCUT2D eigenvalue weighted by atomic mass is 16.2. The van der Waals surface area contributed by atoms with E-state index in [4.69, 9.17) is 5.26 Å². The van der Waals surface area contributed by atoms with Crippen LogP contribution in [0, 0.1) is 11.3 Å². The van der Waals surface area contributed by atoms with Crippen molar-refractivity contribution in [2.45, 2.75) is 6.92 Å². The Morgan fingerprint density at radius 1 is 0.700 bits per heavy atom. The molecule has 0 saturated carbocycles. The van der Waals surface area contributed by atoms with Crippen LogP contribution in [0.5, 0.6) is 0 Å². The number of nitriles is 1. The topological polar surface area (TPSA) is 111 Å². The maximum atomic E-state index is 12.6. The summed E-state index contributed by atoms with van der Waals surface area (Å²) in [5, 5.41) is 17.1. The first kappa shape index (κ1) is 20.3. The highest BCUT2D eigenvalue weighted by molar-refractivity contribution is 6.09. The van der Waals surface area contributed by atoms with Crippen LogP contribution in [0.4, 0.5) is 17.1 Å². The summed E-state index contributed by atoms with van der Waals surface area (Å²) in [6.07, 6.45) is 0. The highest BCUT2D eigenvalue weighted by Crippen LogP contribution is 2.17. The third-order valence-corrected chi connectivity index (χ3v) is 4.08. The average molecular weight is 398 g/mol. The first-order chi connectivity index (χ1) is 14.4. The van der Waals surface area contributed by atoms with Crippen LogP contribution < -0.4 is 16.0 Å². The number of carbonyl (C=O) groups is 3. The summed E-state index contributed by atoms with van der Waals surface area (Å²) >= 11 is 0. The zero-order valence-electron chi connectivity index (χ0n) is 16.1. The van der Waals surface area contributed by atoms with Gasteiger partial charge >= 0.3 is 0 Å². The summed E-state index contributed by atoms with van der Waals surface area (Å²) in [5.74, 6) is -0.999. The molecule has 3 amide bonds. The lowest BCUT2D eigenvalue weighted by molar-refractivity contribution is -0.114. The number of nitrogens with one attached hydrogen (secondary N) is 3. The molecule has 7 heteroatoms. The zero-order chi connectivity index (χ0) is 21.5. The third kappa shape index (κ3) is 5.30. The highest BCUT2D eigenvalue weighted by Gasteiger charge is 2.12. The molecule has 0 aromatic heterocycles. The van der Waals surface area contributed by atoms with Gasteiger partial charge < -0.3 is 16.0 Å². The number of nitrogens with zero attached hydrogens (tertiary/aromatic N) is 1. The summed E-state index contributed by atoms with van der Waals surface area (Å²) in [7, 11) is 0. The molecule has 30 heavy (non-hydrogen) atoms. The van der Waals surface area contributed by atoms with Gasteiger partial charge in [0.2, 0.25) is 5.91 Å². The van der Waals surface area contributed by atoms with Gasteiger partial charge in [0, 0.05) is 35.1 Å². The minimum Gasteiger partial charge on any atom is -0.326 e. The Bertz CT molecular complexity index is 1160. The second-order valence-electron chi connectivity index (χ2n) is 6.44. The molecular formula is C23H18N4O3. The van der Waals surface area contributed by atoms with Crippen molar-refractivity contribution < 1.29 is 14.4 Å². The summed E-state index contributed by atoms with van der Waals surface area (Å²) in [6, 6.07) is 21.6. The van der Waals surface area contributed by atoms with E-state index in [1.165, 1.54) is 13.0 Å². The lowest BCUT2D eigenvalue weighted by atomic mass is 10.1. The molecule has 148 valence electrons. The van der Waals surface area contributed by atoms with Crippen LogP contribution in [0.25, 0.3) is 0 Å². The molecule has 0 unspecified atom stereocenters. The minimum absolute atomic E-state index is 0.211. The molecule has 0 spiro atoms. The van der Waals surface area contributed by atoms with E-state index in [9.17, 15) is 14.4 Å². The number of amides is 3. The fourth-order valence-corrected chi connectivity index (χ4v) is 2.75. The number of benzene rings is 3. The van der Waals surface area contributed by atoms with Crippen LogP contribution in [0.2, 0.25) is 0 Å². The maximum absolute atomic E-state index is 12.6. The van der Waals surface area contributed by atoms with E-state index in [-0.39, 0.29) is 5.91 Å². The molecular weight excluding hydrogens is 380 g/mol. The number of rotatable bonds is 5. The summed E-state index contributed by atoms with van der Waals surface area (Å²) in [5.41, 5.74) is 2.60. The number of hydrogen-bond donors (Lipinski definition) is 3. The van der Waals surface area contributed by atoms with E-state index < -0.39 is 11.8 Å². The smallest absolute Gasteiger partial charge is 0.255 e. The van der Waals surface area contributed by atoms with Gasteiger partial charge in [0.25, 0.3) is 11.8 Å². The van der Waals surface area contributed by atoms with Crippen molar-refractivity contribution in [1.29, 1.82) is 5.26 Å². The van der Waals surface area contributed by atoms with Crippen molar-refractivity contribution >= 4 is 34.8 Å². The molecule has 0 fully saturated rings. The quantitative estimate of drug-likeness (QED) is 0.603. The van der Waals surface area contributed by atoms with Crippen LogP contribution >= 0.6 is 0 Å². The second kappa shape index (κ2) is 9.17. The van der Waals surface area contributed by atoms with Crippen LogP contribution in [0.1, 0.15) is 33.2 Å². The first-order valence-electron chi connectivity index (χ1n) is 9.05. The van der Waals surface area contributed by atoms with Gasteiger partial charge in [0.05, 0.1) is 11.6 Å². The maximum Gasteiger partial charge on any atom is 0.255 e. The van der Waals surface area contributed by atoms with E-state index in [2.05, 4.69) is 16.0 Å². The molecule has 3 aromatic carbocycles. The molecule has 0 radical (unpaired) electrons. The Morgan fingerprint density at radius 3 is 1.77 bits per heavy atom. The fraction of sp³-hybridized carbons (Fsp3) is 0.0435. The third-order valence-electron chi connectivity index (χ3n) is 4.08. The number of anilines is 3. The first-order valence-corrected chi connectivity index (χ1v) is 9.05. The van der Waals surface area contributed by atoms with Crippen LogP contribution in [-0.4, -0.2) is 17.7 Å². The Labute approximate surface area is 173 Å². The molecule has 7 nitrogen and oxygen atoms in total.